The van der Waals surface area contributed by atoms with E-state index in [1.807, 2.05) is 49.4 Å². The number of nitrogen functional groups attached to an aromatic ring is 1. The molecule has 4 nitrogen and oxygen atoms in total. The minimum atomic E-state index is 0.504. The molecule has 0 spiro atoms. The monoisotopic (exact) mass is 272 g/mol. The van der Waals surface area contributed by atoms with Crippen molar-refractivity contribution in [3.63, 3.8) is 0 Å². The summed E-state index contributed by atoms with van der Waals surface area (Å²) in [6.07, 6.45) is 0. The molecule has 0 aliphatic rings. The maximum absolute atomic E-state index is 5.96. The lowest BCUT2D eigenvalue weighted by atomic mass is 10.2. The van der Waals surface area contributed by atoms with Gasteiger partial charge in [-0.2, -0.15) is 0 Å². The lowest BCUT2D eigenvalue weighted by Gasteiger charge is -2.11. The number of benzene rings is 2. The predicted molar refractivity (Wildman–Crippen MR) is 82.3 cm³/mol. The summed E-state index contributed by atoms with van der Waals surface area (Å²) in [5.41, 5.74) is 8.67. The Kier molecular flexibility index (Phi) is 4.71. The molecule has 0 radical (unpaired) electrons. The van der Waals surface area contributed by atoms with Gasteiger partial charge >= 0.3 is 0 Å². The molecule has 0 unspecified atom stereocenters. The van der Waals surface area contributed by atoms with E-state index in [1.54, 1.807) is 7.11 Å². The quantitative estimate of drug-likeness (QED) is 0.792. The van der Waals surface area contributed by atoms with Gasteiger partial charge in [0.05, 0.1) is 18.5 Å². The zero-order valence-electron chi connectivity index (χ0n) is 11.8. The van der Waals surface area contributed by atoms with E-state index in [1.165, 1.54) is 0 Å². The number of rotatable bonds is 6. The molecule has 2 aromatic carbocycles. The van der Waals surface area contributed by atoms with Crippen molar-refractivity contribution in [1.29, 1.82) is 0 Å². The second-order valence-corrected chi connectivity index (χ2v) is 4.42. The third-order valence-corrected chi connectivity index (χ3v) is 2.95. The normalized spacial score (nSPS) is 10.1. The molecule has 0 bridgehead atoms. The van der Waals surface area contributed by atoms with Gasteiger partial charge in [-0.1, -0.05) is 12.1 Å². The molecule has 106 valence electrons. The molecule has 4 heteroatoms. The Labute approximate surface area is 119 Å². The van der Waals surface area contributed by atoms with Crippen LogP contribution in [0.2, 0.25) is 0 Å². The van der Waals surface area contributed by atoms with Crippen molar-refractivity contribution >= 4 is 11.4 Å². The van der Waals surface area contributed by atoms with Gasteiger partial charge in [0.15, 0.2) is 0 Å². The van der Waals surface area contributed by atoms with E-state index in [4.69, 9.17) is 15.2 Å². The molecular weight excluding hydrogens is 252 g/mol. The van der Waals surface area contributed by atoms with Crippen LogP contribution in [0.4, 0.5) is 11.4 Å². The summed E-state index contributed by atoms with van der Waals surface area (Å²) < 4.78 is 10.9. The van der Waals surface area contributed by atoms with Crippen molar-refractivity contribution < 1.29 is 9.47 Å². The molecule has 0 saturated carbocycles. The smallest absolute Gasteiger partial charge is 0.122 e. The average molecular weight is 272 g/mol. The first-order valence-corrected chi connectivity index (χ1v) is 6.62. The van der Waals surface area contributed by atoms with Crippen LogP contribution in [0.5, 0.6) is 11.5 Å². The van der Waals surface area contributed by atoms with Gasteiger partial charge in [0, 0.05) is 12.6 Å². The van der Waals surface area contributed by atoms with Gasteiger partial charge in [-0.25, -0.2) is 0 Å². The number of hydrogen-bond donors (Lipinski definition) is 2. The number of anilines is 2. The fraction of sp³-hybridized carbons (Fsp3) is 0.250. The Morgan fingerprint density at radius 1 is 1.05 bits per heavy atom. The number of nitrogens with two attached hydrogens (primary N) is 1. The largest absolute Gasteiger partial charge is 0.497 e. The Hall–Kier alpha value is -2.36. The number of hydrogen-bond acceptors (Lipinski definition) is 4. The summed E-state index contributed by atoms with van der Waals surface area (Å²) in [5, 5.41) is 3.20. The van der Waals surface area contributed by atoms with Crippen LogP contribution in [0, 0.1) is 0 Å². The van der Waals surface area contributed by atoms with Gasteiger partial charge in [-0.3, -0.25) is 0 Å². The molecule has 0 atom stereocenters. The highest BCUT2D eigenvalue weighted by molar-refractivity contribution is 5.68. The van der Waals surface area contributed by atoms with E-state index in [-0.39, 0.29) is 0 Å². The molecule has 0 aliphatic carbocycles. The summed E-state index contributed by atoms with van der Waals surface area (Å²) in [4.78, 5) is 0. The van der Waals surface area contributed by atoms with E-state index >= 15 is 0 Å². The zero-order valence-corrected chi connectivity index (χ0v) is 11.8. The number of ether oxygens (including phenoxy) is 2. The van der Waals surface area contributed by atoms with Crippen molar-refractivity contribution in [1.82, 2.24) is 0 Å². The van der Waals surface area contributed by atoms with Gasteiger partial charge in [-0.15, -0.1) is 0 Å². The number of methoxy groups -OCH3 is 1. The van der Waals surface area contributed by atoms with Crippen molar-refractivity contribution in [2.75, 3.05) is 24.7 Å². The fourth-order valence-corrected chi connectivity index (χ4v) is 1.87. The molecule has 0 saturated heterocycles. The second-order valence-electron chi connectivity index (χ2n) is 4.42. The third kappa shape index (κ3) is 3.57. The Bertz CT molecular complexity index is 553. The highest BCUT2D eigenvalue weighted by Gasteiger charge is 2.01. The van der Waals surface area contributed by atoms with Crippen molar-refractivity contribution in [2.45, 2.75) is 13.5 Å². The molecule has 20 heavy (non-hydrogen) atoms. The van der Waals surface area contributed by atoms with Crippen LogP contribution in [-0.2, 0) is 6.61 Å². The topological polar surface area (TPSA) is 56.5 Å². The van der Waals surface area contributed by atoms with Crippen LogP contribution in [0.3, 0.4) is 0 Å². The summed E-state index contributed by atoms with van der Waals surface area (Å²) in [6, 6.07) is 13.5. The van der Waals surface area contributed by atoms with Crippen molar-refractivity contribution in [3.8, 4) is 11.5 Å². The first-order chi connectivity index (χ1) is 9.72. The first kappa shape index (κ1) is 14.1. The van der Waals surface area contributed by atoms with E-state index in [9.17, 15) is 0 Å². The molecular formula is C16H20N2O2. The molecule has 0 aromatic heterocycles. The third-order valence-electron chi connectivity index (χ3n) is 2.95. The summed E-state index contributed by atoms with van der Waals surface area (Å²) in [5.74, 6) is 1.60. The Morgan fingerprint density at radius 3 is 2.35 bits per heavy atom. The molecule has 0 heterocycles. The lowest BCUT2D eigenvalue weighted by Crippen LogP contribution is -2.02. The van der Waals surface area contributed by atoms with Gasteiger partial charge < -0.3 is 20.5 Å². The predicted octanol–water partition coefficient (Wildman–Crippen LogP) is 3.29. The second kappa shape index (κ2) is 6.70. The van der Waals surface area contributed by atoms with E-state index in [0.717, 1.165) is 29.3 Å². The molecule has 0 aliphatic heterocycles. The van der Waals surface area contributed by atoms with Crippen LogP contribution in [-0.4, -0.2) is 13.7 Å². The van der Waals surface area contributed by atoms with Gasteiger partial charge in [0.2, 0.25) is 0 Å². The van der Waals surface area contributed by atoms with Crippen molar-refractivity contribution in [3.05, 3.63) is 48.0 Å². The molecule has 3 N–H and O–H groups in total. The van der Waals surface area contributed by atoms with Crippen LogP contribution in [0.25, 0.3) is 0 Å². The van der Waals surface area contributed by atoms with Crippen LogP contribution in [0.1, 0.15) is 12.5 Å². The summed E-state index contributed by atoms with van der Waals surface area (Å²) in [7, 11) is 1.65. The Balaban J connectivity index is 1.97. The zero-order chi connectivity index (χ0) is 14.4. The van der Waals surface area contributed by atoms with Crippen LogP contribution < -0.4 is 20.5 Å². The minimum absolute atomic E-state index is 0.504. The van der Waals surface area contributed by atoms with Crippen LogP contribution >= 0.6 is 0 Å². The Morgan fingerprint density at radius 2 is 1.75 bits per heavy atom. The standard InChI is InChI=1S/C16H20N2O2/c1-3-18-16-9-8-14(10-15(16)17)20-11-12-4-6-13(19-2)7-5-12/h4-10,18H,3,11,17H2,1-2H3. The highest BCUT2D eigenvalue weighted by Crippen LogP contribution is 2.25. The lowest BCUT2D eigenvalue weighted by molar-refractivity contribution is 0.306. The van der Waals surface area contributed by atoms with Gasteiger partial charge in [0.25, 0.3) is 0 Å². The van der Waals surface area contributed by atoms with E-state index in [2.05, 4.69) is 5.32 Å². The molecule has 2 aromatic rings. The molecule has 0 amide bonds. The fourth-order valence-electron chi connectivity index (χ4n) is 1.87. The molecule has 2 rings (SSSR count). The molecule has 0 fully saturated rings. The maximum atomic E-state index is 5.96. The van der Waals surface area contributed by atoms with E-state index in [0.29, 0.717) is 12.3 Å². The average Bonchev–Trinajstić information content (AvgIpc) is 2.48. The van der Waals surface area contributed by atoms with Crippen LogP contribution in [0.15, 0.2) is 42.5 Å². The summed E-state index contributed by atoms with van der Waals surface area (Å²) in [6.45, 7) is 3.38. The number of nitrogens with one attached hydrogen (secondary N) is 1. The van der Waals surface area contributed by atoms with Crippen molar-refractivity contribution in [2.24, 2.45) is 0 Å². The highest BCUT2D eigenvalue weighted by atomic mass is 16.5. The minimum Gasteiger partial charge on any atom is -0.497 e. The van der Waals surface area contributed by atoms with Gasteiger partial charge in [0.1, 0.15) is 18.1 Å². The SMILES string of the molecule is CCNc1ccc(OCc2ccc(OC)cc2)cc1N. The maximum Gasteiger partial charge on any atom is 0.122 e. The summed E-state index contributed by atoms with van der Waals surface area (Å²) >= 11 is 0. The van der Waals surface area contributed by atoms with E-state index < -0.39 is 0 Å². The van der Waals surface area contributed by atoms with Gasteiger partial charge in [-0.05, 0) is 36.8 Å². The first-order valence-electron chi connectivity index (χ1n) is 6.62.